The van der Waals surface area contributed by atoms with Crippen molar-refractivity contribution in [2.75, 3.05) is 13.1 Å². The van der Waals surface area contributed by atoms with Crippen molar-refractivity contribution in [2.24, 2.45) is 5.92 Å². The van der Waals surface area contributed by atoms with E-state index < -0.39 is 0 Å². The fourth-order valence-corrected chi connectivity index (χ4v) is 3.35. The van der Waals surface area contributed by atoms with E-state index in [1.165, 1.54) is 0 Å². The normalized spacial score (nSPS) is 17.1. The second-order valence-corrected chi connectivity index (χ2v) is 6.37. The lowest BCUT2D eigenvalue weighted by Gasteiger charge is -2.17. The van der Waals surface area contributed by atoms with Crippen molar-refractivity contribution in [1.82, 2.24) is 19.4 Å². The molecule has 1 atom stereocenters. The second-order valence-electron chi connectivity index (χ2n) is 6.37. The smallest absolute Gasteiger partial charge is 0.261 e. The first-order valence-electron chi connectivity index (χ1n) is 8.36. The van der Waals surface area contributed by atoms with Gasteiger partial charge in [0.05, 0.1) is 23.4 Å². The van der Waals surface area contributed by atoms with Gasteiger partial charge in [-0.3, -0.25) is 19.1 Å². The number of benzene rings is 1. The van der Waals surface area contributed by atoms with Crippen molar-refractivity contribution in [1.29, 1.82) is 0 Å². The minimum Gasteiger partial charge on any atom is -0.338 e. The molecule has 1 unspecified atom stereocenters. The van der Waals surface area contributed by atoms with Gasteiger partial charge in [-0.25, -0.2) is 4.98 Å². The van der Waals surface area contributed by atoms with E-state index in [1.807, 2.05) is 35.2 Å². The monoisotopic (exact) mass is 334 g/mol. The SMILES string of the molecule is O=C(c1ccccc1)N1CCC(Cn2cnc3cnccc3c2=O)C1. The summed E-state index contributed by atoms with van der Waals surface area (Å²) in [6.45, 7) is 1.95. The molecule has 1 aliphatic rings. The number of pyridine rings is 1. The van der Waals surface area contributed by atoms with Crippen LogP contribution in [-0.4, -0.2) is 38.4 Å². The lowest BCUT2D eigenvalue weighted by Crippen LogP contribution is -2.30. The van der Waals surface area contributed by atoms with Crippen LogP contribution in [0.1, 0.15) is 16.8 Å². The number of fused-ring (bicyclic) bond motifs is 1. The van der Waals surface area contributed by atoms with Crippen LogP contribution in [0.4, 0.5) is 0 Å². The van der Waals surface area contributed by atoms with Gasteiger partial charge in [0, 0.05) is 31.4 Å². The van der Waals surface area contributed by atoms with Crippen molar-refractivity contribution in [3.05, 3.63) is 71.0 Å². The van der Waals surface area contributed by atoms with Crippen LogP contribution in [0.15, 0.2) is 59.9 Å². The molecule has 6 nitrogen and oxygen atoms in total. The van der Waals surface area contributed by atoms with E-state index in [2.05, 4.69) is 9.97 Å². The minimum absolute atomic E-state index is 0.0538. The first kappa shape index (κ1) is 15.5. The van der Waals surface area contributed by atoms with Crippen LogP contribution in [0.2, 0.25) is 0 Å². The molecule has 0 N–H and O–H groups in total. The summed E-state index contributed by atoms with van der Waals surface area (Å²) < 4.78 is 1.64. The number of amides is 1. The number of carbonyl (C=O) groups is 1. The van der Waals surface area contributed by atoms with Gasteiger partial charge in [0.25, 0.3) is 11.5 Å². The molecule has 3 heterocycles. The molecule has 1 amide bonds. The van der Waals surface area contributed by atoms with Crippen LogP contribution in [-0.2, 0) is 6.54 Å². The topological polar surface area (TPSA) is 68.1 Å². The largest absolute Gasteiger partial charge is 0.338 e. The lowest BCUT2D eigenvalue weighted by atomic mass is 10.1. The number of hydrogen-bond acceptors (Lipinski definition) is 4. The lowest BCUT2D eigenvalue weighted by molar-refractivity contribution is 0.0786. The number of hydrogen-bond donors (Lipinski definition) is 0. The molecule has 2 aromatic heterocycles. The molecule has 1 aliphatic heterocycles. The van der Waals surface area contributed by atoms with E-state index in [-0.39, 0.29) is 17.4 Å². The summed E-state index contributed by atoms with van der Waals surface area (Å²) in [7, 11) is 0. The number of nitrogens with zero attached hydrogens (tertiary/aromatic N) is 4. The molecule has 4 rings (SSSR count). The summed E-state index contributed by atoms with van der Waals surface area (Å²) in [5.74, 6) is 0.310. The second kappa shape index (κ2) is 6.47. The van der Waals surface area contributed by atoms with Gasteiger partial charge in [-0.2, -0.15) is 0 Å². The average Bonchev–Trinajstić information content (AvgIpc) is 3.13. The summed E-state index contributed by atoms with van der Waals surface area (Å²) in [6.07, 6.45) is 5.66. The number of aromatic nitrogens is 3. The maximum atomic E-state index is 12.6. The molecule has 25 heavy (non-hydrogen) atoms. The Kier molecular flexibility index (Phi) is 4.01. The third kappa shape index (κ3) is 3.03. The fourth-order valence-electron chi connectivity index (χ4n) is 3.35. The van der Waals surface area contributed by atoms with E-state index in [9.17, 15) is 9.59 Å². The Bertz CT molecular complexity index is 968. The molecule has 0 aliphatic carbocycles. The molecule has 0 radical (unpaired) electrons. The zero-order valence-electron chi connectivity index (χ0n) is 13.7. The predicted octanol–water partition coefficient (Wildman–Crippen LogP) is 1.95. The highest BCUT2D eigenvalue weighted by molar-refractivity contribution is 5.94. The zero-order chi connectivity index (χ0) is 17.2. The van der Waals surface area contributed by atoms with Gasteiger partial charge < -0.3 is 4.90 Å². The summed E-state index contributed by atoms with van der Waals surface area (Å²) in [6, 6.07) is 11.0. The quantitative estimate of drug-likeness (QED) is 0.734. The third-order valence-electron chi connectivity index (χ3n) is 4.68. The molecule has 1 saturated heterocycles. The summed E-state index contributed by atoms with van der Waals surface area (Å²) >= 11 is 0. The predicted molar refractivity (Wildman–Crippen MR) is 94.3 cm³/mol. The van der Waals surface area contributed by atoms with Gasteiger partial charge in [0.2, 0.25) is 0 Å². The highest BCUT2D eigenvalue weighted by atomic mass is 16.2. The molecule has 3 aromatic rings. The van der Waals surface area contributed by atoms with Crippen molar-refractivity contribution in [3.8, 4) is 0 Å². The fraction of sp³-hybridized carbons (Fsp3) is 0.263. The van der Waals surface area contributed by atoms with Crippen molar-refractivity contribution in [3.63, 3.8) is 0 Å². The molecule has 6 heteroatoms. The molecule has 126 valence electrons. The number of likely N-dealkylation sites (tertiary alicyclic amines) is 1. The number of carbonyl (C=O) groups excluding carboxylic acids is 1. The van der Waals surface area contributed by atoms with E-state index in [0.717, 1.165) is 13.0 Å². The Labute approximate surface area is 144 Å². The molecular weight excluding hydrogens is 316 g/mol. The Morgan fingerprint density at radius 2 is 2.04 bits per heavy atom. The highest BCUT2D eigenvalue weighted by Crippen LogP contribution is 2.20. The Balaban J connectivity index is 1.49. The molecule has 1 aromatic carbocycles. The highest BCUT2D eigenvalue weighted by Gasteiger charge is 2.27. The van der Waals surface area contributed by atoms with E-state index in [4.69, 9.17) is 0 Å². The van der Waals surface area contributed by atoms with Crippen LogP contribution in [0.3, 0.4) is 0 Å². The molecule has 1 fully saturated rings. The molecule has 0 bridgehead atoms. The van der Waals surface area contributed by atoms with Gasteiger partial charge in [-0.1, -0.05) is 18.2 Å². The average molecular weight is 334 g/mol. The summed E-state index contributed by atoms with van der Waals surface area (Å²) in [5.41, 5.74) is 1.26. The molecular formula is C19H18N4O2. The van der Waals surface area contributed by atoms with E-state index in [1.54, 1.807) is 29.4 Å². The maximum Gasteiger partial charge on any atom is 0.261 e. The van der Waals surface area contributed by atoms with Crippen molar-refractivity contribution < 1.29 is 4.79 Å². The van der Waals surface area contributed by atoms with Gasteiger partial charge in [0.1, 0.15) is 0 Å². The summed E-state index contributed by atoms with van der Waals surface area (Å²) in [5, 5.41) is 0.577. The van der Waals surface area contributed by atoms with Crippen LogP contribution < -0.4 is 5.56 Å². The van der Waals surface area contributed by atoms with Crippen LogP contribution in [0, 0.1) is 5.92 Å². The molecule has 0 spiro atoms. The van der Waals surface area contributed by atoms with Gasteiger partial charge in [0.15, 0.2) is 0 Å². The van der Waals surface area contributed by atoms with Crippen molar-refractivity contribution >= 4 is 16.8 Å². The number of rotatable bonds is 3. The standard InChI is InChI=1S/C19H18N4O2/c24-18(15-4-2-1-3-5-15)22-9-7-14(11-22)12-23-13-21-17-10-20-8-6-16(17)19(23)25/h1-6,8,10,13-14H,7,9,11-12H2. The van der Waals surface area contributed by atoms with Gasteiger partial charge in [-0.05, 0) is 30.5 Å². The van der Waals surface area contributed by atoms with Crippen molar-refractivity contribution in [2.45, 2.75) is 13.0 Å². The Morgan fingerprint density at radius 1 is 1.20 bits per heavy atom. The summed E-state index contributed by atoms with van der Waals surface area (Å²) in [4.78, 5) is 35.3. The van der Waals surface area contributed by atoms with Gasteiger partial charge in [-0.15, -0.1) is 0 Å². The first-order valence-corrected chi connectivity index (χ1v) is 8.36. The van der Waals surface area contributed by atoms with Crippen LogP contribution >= 0.6 is 0 Å². The molecule has 0 saturated carbocycles. The Hall–Kier alpha value is -3.02. The van der Waals surface area contributed by atoms with Crippen LogP contribution in [0.25, 0.3) is 10.9 Å². The first-order chi connectivity index (χ1) is 12.2. The van der Waals surface area contributed by atoms with E-state index >= 15 is 0 Å². The maximum absolute atomic E-state index is 12.6. The van der Waals surface area contributed by atoms with Crippen LogP contribution in [0.5, 0.6) is 0 Å². The third-order valence-corrected chi connectivity index (χ3v) is 4.68. The minimum atomic E-state index is -0.0553. The van der Waals surface area contributed by atoms with Gasteiger partial charge >= 0.3 is 0 Å². The zero-order valence-corrected chi connectivity index (χ0v) is 13.7. The van der Waals surface area contributed by atoms with E-state index in [0.29, 0.717) is 29.6 Å². The Morgan fingerprint density at radius 3 is 2.88 bits per heavy atom.